The molecular weight excluding hydrogens is 193 g/mol. The standard InChI is InChI=1S/C12H18FNO/c1-4-14(9(2)3)8-10-5-6-12(15)11(13)7-10/h5-7,9,15H,4,8H2,1-3H3. The van der Waals surface area contributed by atoms with Crippen molar-refractivity contribution in [1.29, 1.82) is 0 Å². The number of rotatable bonds is 4. The minimum absolute atomic E-state index is 0.286. The zero-order valence-corrected chi connectivity index (χ0v) is 9.50. The van der Waals surface area contributed by atoms with Gasteiger partial charge in [0, 0.05) is 12.6 Å². The van der Waals surface area contributed by atoms with Crippen LogP contribution in [0.3, 0.4) is 0 Å². The van der Waals surface area contributed by atoms with E-state index in [4.69, 9.17) is 5.11 Å². The van der Waals surface area contributed by atoms with Crippen LogP contribution in [0.1, 0.15) is 26.3 Å². The van der Waals surface area contributed by atoms with Gasteiger partial charge in [-0.1, -0.05) is 13.0 Å². The molecule has 0 saturated carbocycles. The summed E-state index contributed by atoms with van der Waals surface area (Å²) in [6.07, 6.45) is 0. The van der Waals surface area contributed by atoms with Gasteiger partial charge in [0.15, 0.2) is 11.6 Å². The molecule has 0 fully saturated rings. The molecule has 0 aliphatic heterocycles. The van der Waals surface area contributed by atoms with E-state index in [-0.39, 0.29) is 5.75 Å². The van der Waals surface area contributed by atoms with Crippen molar-refractivity contribution in [3.63, 3.8) is 0 Å². The van der Waals surface area contributed by atoms with Crippen LogP contribution >= 0.6 is 0 Å². The van der Waals surface area contributed by atoms with Crippen molar-refractivity contribution in [2.75, 3.05) is 6.54 Å². The molecule has 0 aromatic heterocycles. The number of benzene rings is 1. The van der Waals surface area contributed by atoms with Crippen LogP contribution in [0.25, 0.3) is 0 Å². The quantitative estimate of drug-likeness (QED) is 0.827. The molecule has 0 spiro atoms. The second-order valence-corrected chi connectivity index (χ2v) is 3.94. The van der Waals surface area contributed by atoms with Crippen LogP contribution in [0.2, 0.25) is 0 Å². The van der Waals surface area contributed by atoms with Crippen molar-refractivity contribution in [3.8, 4) is 5.75 Å². The van der Waals surface area contributed by atoms with Crippen LogP contribution in [-0.4, -0.2) is 22.6 Å². The first-order valence-corrected chi connectivity index (χ1v) is 5.26. The highest BCUT2D eigenvalue weighted by Gasteiger charge is 2.09. The van der Waals surface area contributed by atoms with Crippen molar-refractivity contribution >= 4 is 0 Å². The van der Waals surface area contributed by atoms with E-state index in [0.29, 0.717) is 12.6 Å². The smallest absolute Gasteiger partial charge is 0.165 e. The third-order valence-electron chi connectivity index (χ3n) is 2.53. The summed E-state index contributed by atoms with van der Waals surface area (Å²) in [5, 5.41) is 9.06. The van der Waals surface area contributed by atoms with E-state index in [1.807, 2.05) is 0 Å². The summed E-state index contributed by atoms with van der Waals surface area (Å²) in [5.41, 5.74) is 0.890. The third kappa shape index (κ3) is 3.20. The lowest BCUT2D eigenvalue weighted by Crippen LogP contribution is -2.29. The summed E-state index contributed by atoms with van der Waals surface area (Å²) in [5.74, 6) is -0.835. The van der Waals surface area contributed by atoms with Gasteiger partial charge >= 0.3 is 0 Å². The van der Waals surface area contributed by atoms with Crippen molar-refractivity contribution in [2.24, 2.45) is 0 Å². The van der Waals surface area contributed by atoms with Crippen LogP contribution in [-0.2, 0) is 6.54 Å². The second-order valence-electron chi connectivity index (χ2n) is 3.94. The minimum Gasteiger partial charge on any atom is -0.505 e. The fraction of sp³-hybridized carbons (Fsp3) is 0.500. The number of hydrogen-bond donors (Lipinski definition) is 1. The Bertz CT molecular complexity index is 325. The molecule has 0 unspecified atom stereocenters. The maximum Gasteiger partial charge on any atom is 0.165 e. The Hall–Kier alpha value is -1.09. The van der Waals surface area contributed by atoms with Gasteiger partial charge in [-0.2, -0.15) is 0 Å². The van der Waals surface area contributed by atoms with Crippen molar-refractivity contribution in [2.45, 2.75) is 33.4 Å². The molecule has 2 nitrogen and oxygen atoms in total. The molecule has 0 aliphatic carbocycles. The summed E-state index contributed by atoms with van der Waals surface area (Å²) < 4.78 is 13.1. The van der Waals surface area contributed by atoms with Gasteiger partial charge in [0.2, 0.25) is 0 Å². The lowest BCUT2D eigenvalue weighted by molar-refractivity contribution is 0.224. The first kappa shape index (κ1) is 12.0. The zero-order chi connectivity index (χ0) is 11.4. The van der Waals surface area contributed by atoms with Crippen molar-refractivity contribution in [1.82, 2.24) is 4.90 Å². The number of aromatic hydroxyl groups is 1. The average Bonchev–Trinajstić information content (AvgIpc) is 2.19. The topological polar surface area (TPSA) is 23.5 Å². The summed E-state index contributed by atoms with van der Waals surface area (Å²) in [6.45, 7) is 7.95. The fourth-order valence-corrected chi connectivity index (χ4v) is 1.54. The maximum absolute atomic E-state index is 13.1. The summed E-state index contributed by atoms with van der Waals surface area (Å²) in [4.78, 5) is 2.23. The van der Waals surface area contributed by atoms with Gasteiger partial charge in [0.1, 0.15) is 0 Å². The molecule has 1 N–H and O–H groups in total. The predicted molar refractivity (Wildman–Crippen MR) is 59.3 cm³/mol. The van der Waals surface area contributed by atoms with Crippen LogP contribution < -0.4 is 0 Å². The zero-order valence-electron chi connectivity index (χ0n) is 9.50. The molecule has 84 valence electrons. The van der Waals surface area contributed by atoms with Crippen LogP contribution in [0, 0.1) is 5.82 Å². The van der Waals surface area contributed by atoms with Gasteiger partial charge in [0.25, 0.3) is 0 Å². The Morgan fingerprint density at radius 1 is 1.40 bits per heavy atom. The summed E-state index contributed by atoms with van der Waals surface area (Å²) in [7, 11) is 0. The first-order valence-electron chi connectivity index (χ1n) is 5.26. The van der Waals surface area contributed by atoms with E-state index in [0.717, 1.165) is 12.1 Å². The van der Waals surface area contributed by atoms with E-state index in [9.17, 15) is 4.39 Å². The highest BCUT2D eigenvalue weighted by atomic mass is 19.1. The third-order valence-corrected chi connectivity index (χ3v) is 2.53. The molecule has 1 aromatic rings. The molecule has 1 rings (SSSR count). The van der Waals surface area contributed by atoms with Gasteiger partial charge in [-0.25, -0.2) is 4.39 Å². The molecule has 0 saturated heterocycles. The Kier molecular flexibility index (Phi) is 4.09. The highest BCUT2D eigenvalue weighted by Crippen LogP contribution is 2.17. The molecule has 1 aromatic carbocycles. The van der Waals surface area contributed by atoms with E-state index in [2.05, 4.69) is 25.7 Å². The van der Waals surface area contributed by atoms with Gasteiger partial charge in [-0.15, -0.1) is 0 Å². The van der Waals surface area contributed by atoms with Gasteiger partial charge in [0.05, 0.1) is 0 Å². The average molecular weight is 211 g/mol. The number of hydrogen-bond acceptors (Lipinski definition) is 2. The lowest BCUT2D eigenvalue weighted by Gasteiger charge is -2.24. The number of phenols is 1. The Balaban J connectivity index is 2.75. The molecule has 0 bridgehead atoms. The molecule has 0 atom stereocenters. The Morgan fingerprint density at radius 2 is 2.07 bits per heavy atom. The minimum atomic E-state index is -0.549. The normalized spacial score (nSPS) is 11.3. The molecule has 0 radical (unpaired) electrons. The molecular formula is C12H18FNO. The van der Waals surface area contributed by atoms with E-state index in [1.54, 1.807) is 6.07 Å². The predicted octanol–water partition coefficient (Wildman–Crippen LogP) is 2.76. The number of halogens is 1. The highest BCUT2D eigenvalue weighted by molar-refractivity contribution is 5.27. The van der Waals surface area contributed by atoms with Crippen LogP contribution in [0.4, 0.5) is 4.39 Å². The van der Waals surface area contributed by atoms with Crippen molar-refractivity contribution < 1.29 is 9.50 Å². The number of phenolic OH excluding ortho intramolecular Hbond substituents is 1. The molecule has 15 heavy (non-hydrogen) atoms. The second kappa shape index (κ2) is 5.12. The Labute approximate surface area is 90.3 Å². The lowest BCUT2D eigenvalue weighted by atomic mass is 10.1. The molecule has 0 amide bonds. The first-order chi connectivity index (χ1) is 7.04. The van der Waals surface area contributed by atoms with Gasteiger partial charge < -0.3 is 5.11 Å². The summed E-state index contributed by atoms with van der Waals surface area (Å²) >= 11 is 0. The van der Waals surface area contributed by atoms with Crippen LogP contribution in [0.5, 0.6) is 5.75 Å². The van der Waals surface area contributed by atoms with E-state index < -0.39 is 5.82 Å². The van der Waals surface area contributed by atoms with Crippen LogP contribution in [0.15, 0.2) is 18.2 Å². The molecule has 3 heteroatoms. The van der Waals surface area contributed by atoms with Gasteiger partial charge in [-0.05, 0) is 38.1 Å². The largest absolute Gasteiger partial charge is 0.505 e. The molecule has 0 aliphatic rings. The summed E-state index contributed by atoms with van der Waals surface area (Å²) in [6, 6.07) is 4.98. The van der Waals surface area contributed by atoms with Gasteiger partial charge in [-0.3, -0.25) is 4.90 Å². The fourth-order valence-electron chi connectivity index (χ4n) is 1.54. The monoisotopic (exact) mass is 211 g/mol. The number of nitrogens with zero attached hydrogens (tertiary/aromatic N) is 1. The SMILES string of the molecule is CCN(Cc1ccc(O)c(F)c1)C(C)C. The van der Waals surface area contributed by atoms with E-state index in [1.165, 1.54) is 12.1 Å². The maximum atomic E-state index is 13.1. The van der Waals surface area contributed by atoms with E-state index >= 15 is 0 Å². The molecule has 0 heterocycles. The Morgan fingerprint density at radius 3 is 2.53 bits per heavy atom. The van der Waals surface area contributed by atoms with Crippen molar-refractivity contribution in [3.05, 3.63) is 29.6 Å².